The smallest absolute Gasteiger partial charge is 0.136 e. The highest BCUT2D eigenvalue weighted by molar-refractivity contribution is 5.49. The van der Waals surface area contributed by atoms with Gasteiger partial charge in [-0.05, 0) is 19.3 Å². The zero-order valence-electron chi connectivity index (χ0n) is 12.7. The molecule has 2 unspecified atom stereocenters. The van der Waals surface area contributed by atoms with Crippen LogP contribution in [-0.4, -0.2) is 36.3 Å². The largest absolute Gasteiger partial charge is 0.381 e. The van der Waals surface area contributed by atoms with Crippen molar-refractivity contribution in [3.8, 4) is 0 Å². The van der Waals surface area contributed by atoms with Crippen LogP contribution >= 0.6 is 0 Å². The normalized spacial score (nSPS) is 27.8. The van der Waals surface area contributed by atoms with Crippen molar-refractivity contribution in [1.82, 2.24) is 9.97 Å². The van der Waals surface area contributed by atoms with Gasteiger partial charge in [0.25, 0.3) is 0 Å². The van der Waals surface area contributed by atoms with Gasteiger partial charge in [0.1, 0.15) is 17.5 Å². The summed E-state index contributed by atoms with van der Waals surface area (Å²) in [6, 6.07) is 2.39. The summed E-state index contributed by atoms with van der Waals surface area (Å²) in [6.07, 6.45) is 3.79. The van der Waals surface area contributed by atoms with Crippen LogP contribution in [0.5, 0.6) is 0 Å². The Morgan fingerprint density at radius 3 is 2.50 bits per heavy atom. The van der Waals surface area contributed by atoms with E-state index in [1.807, 2.05) is 13.1 Å². The Labute approximate surface area is 120 Å². The van der Waals surface area contributed by atoms with Gasteiger partial charge in [-0.1, -0.05) is 13.8 Å². The molecule has 110 valence electrons. The molecule has 0 radical (unpaired) electrons. The first kappa shape index (κ1) is 13.6. The minimum atomic E-state index is 0.138. The molecule has 5 heteroatoms. The molecule has 2 fully saturated rings. The number of anilines is 2. The molecule has 0 amide bonds. The molecule has 0 bridgehead atoms. The molecule has 1 aromatic rings. The van der Waals surface area contributed by atoms with Crippen LogP contribution in [0.25, 0.3) is 0 Å². The van der Waals surface area contributed by atoms with Gasteiger partial charge in [-0.3, -0.25) is 0 Å². The third-order valence-corrected chi connectivity index (χ3v) is 4.73. The van der Waals surface area contributed by atoms with Crippen LogP contribution in [-0.2, 0) is 4.74 Å². The molecule has 2 aliphatic carbocycles. The fourth-order valence-electron chi connectivity index (χ4n) is 2.90. The average Bonchev–Trinajstić information content (AvgIpc) is 3.27. The second-order valence-electron chi connectivity index (χ2n) is 6.50. The van der Waals surface area contributed by atoms with Gasteiger partial charge in [0.15, 0.2) is 0 Å². The van der Waals surface area contributed by atoms with Crippen LogP contribution in [0, 0.1) is 5.41 Å². The first-order valence-electron chi connectivity index (χ1n) is 7.40. The van der Waals surface area contributed by atoms with Crippen molar-refractivity contribution in [1.29, 1.82) is 0 Å². The van der Waals surface area contributed by atoms with Crippen molar-refractivity contribution in [2.45, 2.75) is 51.2 Å². The van der Waals surface area contributed by atoms with Crippen LogP contribution in [0.2, 0.25) is 0 Å². The van der Waals surface area contributed by atoms with Crippen molar-refractivity contribution in [3.63, 3.8) is 0 Å². The van der Waals surface area contributed by atoms with E-state index < -0.39 is 0 Å². The first-order chi connectivity index (χ1) is 9.54. The number of nitrogens with zero attached hydrogens (tertiary/aromatic N) is 2. The summed E-state index contributed by atoms with van der Waals surface area (Å²) >= 11 is 0. The number of ether oxygens (including phenoxy) is 1. The number of methoxy groups -OCH3 is 1. The summed E-state index contributed by atoms with van der Waals surface area (Å²) < 4.78 is 5.50. The maximum absolute atomic E-state index is 5.50. The predicted molar refractivity (Wildman–Crippen MR) is 80.2 cm³/mol. The summed E-state index contributed by atoms with van der Waals surface area (Å²) in [6.45, 7) is 4.48. The Balaban J connectivity index is 1.76. The van der Waals surface area contributed by atoms with Gasteiger partial charge in [0.05, 0.1) is 6.10 Å². The van der Waals surface area contributed by atoms with E-state index in [4.69, 9.17) is 4.74 Å². The first-order valence-corrected chi connectivity index (χ1v) is 7.40. The van der Waals surface area contributed by atoms with Crippen molar-refractivity contribution in [3.05, 3.63) is 11.9 Å². The van der Waals surface area contributed by atoms with Crippen LogP contribution < -0.4 is 10.6 Å². The minimum absolute atomic E-state index is 0.138. The van der Waals surface area contributed by atoms with Gasteiger partial charge in [-0.2, -0.15) is 0 Å². The molecule has 0 saturated heterocycles. The number of hydrogen-bond donors (Lipinski definition) is 2. The second-order valence-corrected chi connectivity index (χ2v) is 6.50. The molecular formula is C15H24N4O. The Morgan fingerprint density at radius 2 is 1.95 bits per heavy atom. The fraction of sp³-hybridized carbons (Fsp3) is 0.733. The number of aromatic nitrogens is 2. The molecule has 2 saturated carbocycles. The van der Waals surface area contributed by atoms with Gasteiger partial charge in [-0.25, -0.2) is 9.97 Å². The van der Waals surface area contributed by atoms with E-state index in [2.05, 4.69) is 34.4 Å². The fourth-order valence-corrected chi connectivity index (χ4v) is 2.90. The van der Waals surface area contributed by atoms with E-state index in [1.54, 1.807) is 7.11 Å². The molecule has 2 atom stereocenters. The van der Waals surface area contributed by atoms with Crippen molar-refractivity contribution >= 4 is 11.6 Å². The maximum atomic E-state index is 5.50. The van der Waals surface area contributed by atoms with Crippen molar-refractivity contribution < 1.29 is 4.74 Å². The zero-order chi connectivity index (χ0) is 14.3. The molecule has 0 spiro atoms. The van der Waals surface area contributed by atoms with E-state index in [-0.39, 0.29) is 5.41 Å². The minimum Gasteiger partial charge on any atom is -0.381 e. The monoisotopic (exact) mass is 276 g/mol. The number of hydrogen-bond acceptors (Lipinski definition) is 5. The van der Waals surface area contributed by atoms with Crippen LogP contribution in [0.4, 0.5) is 11.6 Å². The molecule has 1 aromatic heterocycles. The highest BCUT2D eigenvalue weighted by Gasteiger charge is 2.48. The van der Waals surface area contributed by atoms with Gasteiger partial charge in [-0.15, -0.1) is 0 Å². The zero-order valence-corrected chi connectivity index (χ0v) is 12.7. The van der Waals surface area contributed by atoms with E-state index >= 15 is 0 Å². The van der Waals surface area contributed by atoms with Gasteiger partial charge in [0.2, 0.25) is 0 Å². The molecule has 3 rings (SSSR count). The van der Waals surface area contributed by atoms with Crippen LogP contribution in [0.3, 0.4) is 0 Å². The molecule has 2 N–H and O–H groups in total. The SMILES string of the molecule is CNc1cc(NC2CC(OC)C2(C)C)nc(C2CC2)n1. The average molecular weight is 276 g/mol. The highest BCUT2D eigenvalue weighted by Crippen LogP contribution is 2.44. The molecule has 2 aliphatic rings. The number of rotatable bonds is 5. The van der Waals surface area contributed by atoms with E-state index in [0.717, 1.165) is 23.9 Å². The third kappa shape index (κ3) is 2.35. The standard InChI is InChI=1S/C15H24N4O/c1-15(2)10(7-11(15)20-4)17-13-8-12(16-3)18-14(19-13)9-5-6-9/h8-11H,5-7H2,1-4H3,(H2,16,17,18,19). The Bertz CT molecular complexity index is 499. The quantitative estimate of drug-likeness (QED) is 0.865. The van der Waals surface area contributed by atoms with Gasteiger partial charge in [0, 0.05) is 37.6 Å². The lowest BCUT2D eigenvalue weighted by atomic mass is 9.64. The predicted octanol–water partition coefficient (Wildman–Crippen LogP) is 2.62. The molecule has 0 aliphatic heterocycles. The summed E-state index contributed by atoms with van der Waals surface area (Å²) in [5.74, 6) is 3.36. The lowest BCUT2D eigenvalue weighted by Crippen LogP contribution is -2.57. The van der Waals surface area contributed by atoms with Gasteiger partial charge >= 0.3 is 0 Å². The molecule has 1 heterocycles. The second kappa shape index (κ2) is 4.88. The third-order valence-electron chi connectivity index (χ3n) is 4.73. The maximum Gasteiger partial charge on any atom is 0.136 e. The molecular weight excluding hydrogens is 252 g/mol. The van der Waals surface area contributed by atoms with Crippen molar-refractivity contribution in [2.75, 3.05) is 24.8 Å². The lowest BCUT2D eigenvalue weighted by Gasteiger charge is -2.51. The highest BCUT2D eigenvalue weighted by atomic mass is 16.5. The Hall–Kier alpha value is -1.36. The summed E-state index contributed by atoms with van der Waals surface area (Å²) in [5.41, 5.74) is 0.138. The Kier molecular flexibility index (Phi) is 3.32. The lowest BCUT2D eigenvalue weighted by molar-refractivity contribution is -0.0795. The summed E-state index contributed by atoms with van der Waals surface area (Å²) in [7, 11) is 3.69. The van der Waals surface area contributed by atoms with Gasteiger partial charge < -0.3 is 15.4 Å². The van der Waals surface area contributed by atoms with Crippen molar-refractivity contribution in [2.24, 2.45) is 5.41 Å². The summed E-state index contributed by atoms with van der Waals surface area (Å²) in [5, 5.41) is 6.68. The van der Waals surface area contributed by atoms with E-state index in [0.29, 0.717) is 18.1 Å². The Morgan fingerprint density at radius 1 is 1.25 bits per heavy atom. The molecule has 20 heavy (non-hydrogen) atoms. The van der Waals surface area contributed by atoms with Crippen LogP contribution in [0.15, 0.2) is 6.07 Å². The topological polar surface area (TPSA) is 59.1 Å². The molecule has 0 aromatic carbocycles. The van der Waals surface area contributed by atoms with Crippen LogP contribution in [0.1, 0.15) is 44.9 Å². The number of nitrogens with one attached hydrogen (secondary N) is 2. The van der Waals surface area contributed by atoms with E-state index in [9.17, 15) is 0 Å². The molecule has 5 nitrogen and oxygen atoms in total. The van der Waals surface area contributed by atoms with E-state index in [1.165, 1.54) is 12.8 Å². The summed E-state index contributed by atoms with van der Waals surface area (Å²) in [4.78, 5) is 9.22.